The monoisotopic (exact) mass is 521 g/mol. The maximum Gasteiger partial charge on any atom is 0.416 e. The maximum absolute atomic E-state index is 13.4. The van der Waals surface area contributed by atoms with Gasteiger partial charge in [-0.15, -0.1) is 12.4 Å². The largest absolute Gasteiger partial charge is 0.416 e. The molecule has 2 aliphatic rings. The summed E-state index contributed by atoms with van der Waals surface area (Å²) in [6.45, 7) is 2.24. The van der Waals surface area contributed by atoms with Crippen molar-refractivity contribution in [1.29, 1.82) is 0 Å². The highest BCUT2D eigenvalue weighted by molar-refractivity contribution is 5.85. The quantitative estimate of drug-likeness (QED) is 0.505. The van der Waals surface area contributed by atoms with Crippen LogP contribution in [0.2, 0.25) is 0 Å². The number of fused-ring (bicyclic) bond motifs is 1. The van der Waals surface area contributed by atoms with Crippen molar-refractivity contribution in [2.45, 2.75) is 44.3 Å². The van der Waals surface area contributed by atoms with Crippen LogP contribution in [0.1, 0.15) is 35.1 Å². The van der Waals surface area contributed by atoms with Crippen LogP contribution in [0, 0.1) is 5.92 Å². The van der Waals surface area contributed by atoms with E-state index >= 15 is 0 Å². The zero-order valence-corrected chi connectivity index (χ0v) is 19.5. The lowest BCUT2D eigenvalue weighted by molar-refractivity contribution is -0.143. The summed E-state index contributed by atoms with van der Waals surface area (Å²) in [7, 11) is 0. The van der Waals surface area contributed by atoms with Crippen LogP contribution < -0.4 is 5.32 Å². The van der Waals surface area contributed by atoms with E-state index in [0.29, 0.717) is 19.2 Å². The van der Waals surface area contributed by atoms with Gasteiger partial charge in [-0.25, -0.2) is 4.79 Å². The summed E-state index contributed by atoms with van der Waals surface area (Å²) < 4.78 is 78.9. The van der Waals surface area contributed by atoms with Crippen molar-refractivity contribution >= 4 is 18.4 Å². The second-order valence-corrected chi connectivity index (χ2v) is 8.87. The third-order valence-electron chi connectivity index (χ3n) is 6.54. The molecule has 2 saturated heterocycles. The van der Waals surface area contributed by atoms with Crippen LogP contribution in [0.5, 0.6) is 0 Å². The number of carbonyl (C=O) groups is 1. The predicted octanol–water partition coefficient (Wildman–Crippen LogP) is 5.95. The molecular weight excluding hydrogens is 496 g/mol. The Balaban J connectivity index is 0.00000342. The van der Waals surface area contributed by atoms with Crippen molar-refractivity contribution in [3.8, 4) is 0 Å². The van der Waals surface area contributed by atoms with Crippen LogP contribution in [-0.4, -0.2) is 41.5 Å². The van der Waals surface area contributed by atoms with E-state index in [-0.39, 0.29) is 30.4 Å². The number of carbonyl (C=O) groups excluding carboxylic acids is 1. The molecule has 2 amide bonds. The number of alkyl halides is 6. The smallest absolute Gasteiger partial charge is 0.334 e. The summed E-state index contributed by atoms with van der Waals surface area (Å²) >= 11 is 0. The van der Waals surface area contributed by atoms with E-state index in [9.17, 15) is 31.1 Å². The number of nitrogens with one attached hydrogen (secondary N) is 1. The number of piperidine rings is 1. The molecule has 4 rings (SSSR count). The van der Waals surface area contributed by atoms with Crippen LogP contribution in [0.15, 0.2) is 48.5 Å². The number of likely N-dealkylation sites (tertiary alicyclic amines) is 2. The Bertz CT molecular complexity index is 1010. The molecule has 2 aromatic carbocycles. The number of benzene rings is 2. The lowest BCUT2D eigenvalue weighted by Gasteiger charge is -2.37. The molecule has 0 aliphatic carbocycles. The number of halogens is 7. The van der Waals surface area contributed by atoms with Gasteiger partial charge < -0.3 is 10.2 Å². The summed E-state index contributed by atoms with van der Waals surface area (Å²) in [5.74, 6) is 0.278. The van der Waals surface area contributed by atoms with Crippen molar-refractivity contribution in [2.24, 2.45) is 5.92 Å². The third-order valence-corrected chi connectivity index (χ3v) is 6.54. The number of rotatable bonds is 4. The fourth-order valence-electron chi connectivity index (χ4n) is 4.93. The summed E-state index contributed by atoms with van der Waals surface area (Å²) in [6, 6.07) is 10.9. The fourth-order valence-corrected chi connectivity index (χ4v) is 4.93. The molecule has 1 N–H and O–H groups in total. The SMILES string of the molecule is Cl.O=C(NCc1ccc(C(F)(F)F)cc1C(F)(F)F)N1CCC[C@H]2CN(Cc3ccccc3)C[C@H]21. The highest BCUT2D eigenvalue weighted by Crippen LogP contribution is 2.37. The first kappa shape index (κ1) is 27.1. The number of nitrogens with zero attached hydrogens (tertiary/aromatic N) is 2. The van der Waals surface area contributed by atoms with E-state index in [1.165, 1.54) is 5.56 Å². The molecule has 35 heavy (non-hydrogen) atoms. The fraction of sp³-hybridized carbons (Fsp3) is 0.458. The number of urea groups is 1. The average Bonchev–Trinajstić information content (AvgIpc) is 3.19. The van der Waals surface area contributed by atoms with Crippen LogP contribution in [0.25, 0.3) is 0 Å². The minimum absolute atomic E-state index is 0. The van der Waals surface area contributed by atoms with E-state index in [1.54, 1.807) is 4.90 Å². The average molecular weight is 522 g/mol. The molecular formula is C24H26ClF6N3O. The predicted molar refractivity (Wildman–Crippen MR) is 121 cm³/mol. The molecule has 2 aliphatic heterocycles. The van der Waals surface area contributed by atoms with E-state index < -0.39 is 41.6 Å². The van der Waals surface area contributed by atoms with Gasteiger partial charge in [-0.1, -0.05) is 36.4 Å². The summed E-state index contributed by atoms with van der Waals surface area (Å²) in [5.41, 5.74) is -2.01. The first-order chi connectivity index (χ1) is 16.0. The van der Waals surface area contributed by atoms with Crippen LogP contribution in [0.4, 0.5) is 31.1 Å². The van der Waals surface area contributed by atoms with E-state index in [4.69, 9.17) is 0 Å². The van der Waals surface area contributed by atoms with Gasteiger partial charge >= 0.3 is 18.4 Å². The van der Waals surface area contributed by atoms with Gasteiger partial charge in [0.1, 0.15) is 0 Å². The van der Waals surface area contributed by atoms with E-state index in [2.05, 4.69) is 10.2 Å². The Morgan fingerprint density at radius 2 is 1.69 bits per heavy atom. The van der Waals surface area contributed by atoms with Crippen LogP contribution in [-0.2, 0) is 25.4 Å². The maximum atomic E-state index is 13.4. The van der Waals surface area contributed by atoms with Crippen molar-refractivity contribution < 1.29 is 31.1 Å². The lowest BCUT2D eigenvalue weighted by Crippen LogP contribution is -2.52. The van der Waals surface area contributed by atoms with Gasteiger partial charge in [0.05, 0.1) is 17.2 Å². The summed E-state index contributed by atoms with van der Waals surface area (Å²) in [4.78, 5) is 16.8. The number of hydrogen-bond acceptors (Lipinski definition) is 2. The van der Waals surface area contributed by atoms with E-state index in [0.717, 1.165) is 32.0 Å². The molecule has 0 saturated carbocycles. The minimum atomic E-state index is -4.97. The van der Waals surface area contributed by atoms with Gasteiger partial charge in [0.25, 0.3) is 0 Å². The molecule has 0 aromatic heterocycles. The number of amides is 2. The van der Waals surface area contributed by atoms with Crippen molar-refractivity contribution in [3.63, 3.8) is 0 Å². The molecule has 2 fully saturated rings. The zero-order valence-electron chi connectivity index (χ0n) is 18.7. The molecule has 2 heterocycles. The summed E-state index contributed by atoms with van der Waals surface area (Å²) in [5, 5.41) is 2.50. The molecule has 11 heteroatoms. The Morgan fingerprint density at radius 1 is 0.971 bits per heavy atom. The third kappa shape index (κ3) is 6.41. The molecule has 0 spiro atoms. The second kappa shape index (κ2) is 10.7. The van der Waals surface area contributed by atoms with E-state index in [1.807, 2.05) is 30.3 Å². The van der Waals surface area contributed by atoms with Gasteiger partial charge in [0, 0.05) is 32.7 Å². The highest BCUT2D eigenvalue weighted by atomic mass is 35.5. The van der Waals surface area contributed by atoms with Gasteiger partial charge in [-0.2, -0.15) is 26.3 Å². The zero-order chi connectivity index (χ0) is 24.5. The molecule has 2 aromatic rings. The minimum Gasteiger partial charge on any atom is -0.334 e. The molecule has 2 atom stereocenters. The molecule has 0 unspecified atom stereocenters. The molecule has 0 radical (unpaired) electrons. The van der Waals surface area contributed by atoms with Crippen molar-refractivity contribution in [1.82, 2.24) is 15.1 Å². The van der Waals surface area contributed by atoms with Gasteiger partial charge in [-0.05, 0) is 42.0 Å². The Labute approximate surface area is 205 Å². The van der Waals surface area contributed by atoms with Gasteiger partial charge in [0.15, 0.2) is 0 Å². The van der Waals surface area contributed by atoms with Gasteiger partial charge in [-0.3, -0.25) is 4.90 Å². The van der Waals surface area contributed by atoms with Crippen LogP contribution in [0.3, 0.4) is 0 Å². The lowest BCUT2D eigenvalue weighted by atomic mass is 9.92. The standard InChI is InChI=1S/C24H25F6N3O.ClH/c25-23(26,27)19-9-8-17(20(11-19)24(28,29)30)12-31-22(34)33-10-4-7-18-14-32(15-21(18)33)13-16-5-2-1-3-6-16;/h1-3,5-6,8-9,11,18,21H,4,7,10,12-15H2,(H,31,34);1H/t18-,21+;/m0./s1. The highest BCUT2D eigenvalue weighted by Gasteiger charge is 2.41. The molecule has 4 nitrogen and oxygen atoms in total. The Kier molecular flexibility index (Phi) is 8.26. The number of hydrogen-bond donors (Lipinski definition) is 1. The Hall–Kier alpha value is -2.46. The first-order valence-corrected chi connectivity index (χ1v) is 11.1. The molecule has 0 bridgehead atoms. The van der Waals surface area contributed by atoms with Gasteiger partial charge in [0.2, 0.25) is 0 Å². The Morgan fingerprint density at radius 3 is 2.34 bits per heavy atom. The van der Waals surface area contributed by atoms with Crippen LogP contribution >= 0.6 is 12.4 Å². The van der Waals surface area contributed by atoms with Crippen molar-refractivity contribution in [3.05, 3.63) is 70.8 Å². The topological polar surface area (TPSA) is 35.6 Å². The molecule has 192 valence electrons. The summed E-state index contributed by atoms with van der Waals surface area (Å²) in [6.07, 6.45) is -8.10. The van der Waals surface area contributed by atoms with Crippen molar-refractivity contribution in [2.75, 3.05) is 19.6 Å². The second-order valence-electron chi connectivity index (χ2n) is 8.87. The first-order valence-electron chi connectivity index (χ1n) is 11.1. The normalized spacial score (nSPS) is 20.8.